The molecule has 1 amide bonds. The van der Waals surface area contributed by atoms with Gasteiger partial charge in [0.1, 0.15) is 17.5 Å². The highest BCUT2D eigenvalue weighted by atomic mass is 35.5. The summed E-state index contributed by atoms with van der Waals surface area (Å²) in [6.45, 7) is 2.15. The van der Waals surface area contributed by atoms with Gasteiger partial charge in [-0.2, -0.15) is 0 Å². The van der Waals surface area contributed by atoms with Gasteiger partial charge in [-0.15, -0.1) is 24.8 Å². The highest BCUT2D eigenvalue weighted by molar-refractivity contribution is 6.06. The molecule has 134 valence electrons. The van der Waals surface area contributed by atoms with Gasteiger partial charge in [0.25, 0.3) is 5.91 Å². The summed E-state index contributed by atoms with van der Waals surface area (Å²) in [5, 5.41) is 4.21. The predicted octanol–water partition coefficient (Wildman–Crippen LogP) is 1.93. The number of nitrogens with one attached hydrogen (secondary N) is 2. The van der Waals surface area contributed by atoms with E-state index >= 15 is 0 Å². The van der Waals surface area contributed by atoms with Crippen molar-refractivity contribution in [2.24, 2.45) is 7.05 Å². The number of carbonyl (C=O) groups excluding carboxylic acids is 1. The van der Waals surface area contributed by atoms with Crippen molar-refractivity contribution >= 4 is 41.8 Å². The van der Waals surface area contributed by atoms with Gasteiger partial charge < -0.3 is 19.8 Å². The maximum atomic E-state index is 13.1. The van der Waals surface area contributed by atoms with Crippen LogP contribution in [0.25, 0.3) is 11.0 Å². The van der Waals surface area contributed by atoms with Crippen LogP contribution in [0.5, 0.6) is 0 Å². The molecule has 0 radical (unpaired) electrons. The molecule has 4 rings (SSSR count). The third-order valence-electron chi connectivity index (χ3n) is 4.34. The van der Waals surface area contributed by atoms with Crippen LogP contribution in [0.2, 0.25) is 0 Å². The van der Waals surface area contributed by atoms with E-state index in [1.165, 1.54) is 0 Å². The van der Waals surface area contributed by atoms with Crippen molar-refractivity contribution in [3.63, 3.8) is 0 Å². The fourth-order valence-electron chi connectivity index (χ4n) is 3.16. The molecule has 0 saturated carbocycles. The summed E-state index contributed by atoms with van der Waals surface area (Å²) in [6, 6.07) is 3.70. The van der Waals surface area contributed by atoms with Gasteiger partial charge in [-0.1, -0.05) is 0 Å². The lowest BCUT2D eigenvalue weighted by atomic mass is 10.1. The number of aryl methyl sites for hydroxylation is 1. The Kier molecular flexibility index (Phi) is 6.05. The first kappa shape index (κ1) is 19.2. The van der Waals surface area contributed by atoms with Crippen molar-refractivity contribution < 1.29 is 4.79 Å². The Hall–Kier alpha value is -2.09. The van der Waals surface area contributed by atoms with Crippen LogP contribution in [0.15, 0.2) is 36.9 Å². The first-order valence-corrected chi connectivity index (χ1v) is 7.66. The van der Waals surface area contributed by atoms with Crippen LogP contribution in [0, 0.1) is 0 Å². The first-order valence-electron chi connectivity index (χ1n) is 7.66. The number of aromatic amines is 1. The number of pyridine rings is 1. The number of imidazole rings is 1. The van der Waals surface area contributed by atoms with Crippen LogP contribution in [-0.4, -0.2) is 50.0 Å². The van der Waals surface area contributed by atoms with Crippen LogP contribution in [-0.2, 0) is 7.05 Å². The second-order valence-corrected chi connectivity index (χ2v) is 5.72. The maximum Gasteiger partial charge on any atom is 0.256 e. The molecule has 1 aliphatic heterocycles. The van der Waals surface area contributed by atoms with Crippen LogP contribution in [0.1, 0.15) is 22.2 Å². The molecule has 0 bridgehead atoms. The molecule has 9 heteroatoms. The summed E-state index contributed by atoms with van der Waals surface area (Å²) in [5.41, 5.74) is 1.40. The lowest BCUT2D eigenvalue weighted by molar-refractivity contribution is 0.0623. The zero-order valence-corrected chi connectivity index (χ0v) is 15.3. The minimum absolute atomic E-state index is 0. The summed E-state index contributed by atoms with van der Waals surface area (Å²) in [4.78, 5) is 26.8. The molecule has 3 aromatic rings. The van der Waals surface area contributed by atoms with Gasteiger partial charge in [-0.05, 0) is 12.1 Å². The third-order valence-corrected chi connectivity index (χ3v) is 4.34. The van der Waals surface area contributed by atoms with Gasteiger partial charge >= 0.3 is 0 Å². The van der Waals surface area contributed by atoms with Crippen molar-refractivity contribution in [1.82, 2.24) is 29.7 Å². The number of piperazine rings is 1. The standard InChI is InChI=1S/C16H18N6O.2ClH/c1-21-7-6-19-15(21)13-10-17-5-8-22(13)16(23)12-9-20-14-11(12)3-2-4-18-14;;/h2-4,6-7,9,13,17H,5,8,10H2,1H3,(H,18,20);2*1H. The molecule has 1 fully saturated rings. The Morgan fingerprint density at radius 3 is 2.88 bits per heavy atom. The summed E-state index contributed by atoms with van der Waals surface area (Å²) in [6.07, 6.45) is 7.14. The quantitative estimate of drug-likeness (QED) is 0.709. The molecule has 25 heavy (non-hydrogen) atoms. The fraction of sp³-hybridized carbons (Fsp3) is 0.312. The highest BCUT2D eigenvalue weighted by Gasteiger charge is 2.32. The molecular weight excluding hydrogens is 363 g/mol. The van der Waals surface area contributed by atoms with Gasteiger partial charge in [0.15, 0.2) is 0 Å². The minimum atomic E-state index is -0.0714. The van der Waals surface area contributed by atoms with Crippen LogP contribution < -0.4 is 5.32 Å². The summed E-state index contributed by atoms with van der Waals surface area (Å²) < 4.78 is 1.97. The molecule has 1 saturated heterocycles. The van der Waals surface area contributed by atoms with Crippen molar-refractivity contribution in [2.75, 3.05) is 19.6 Å². The summed E-state index contributed by atoms with van der Waals surface area (Å²) >= 11 is 0. The Labute approximate surface area is 157 Å². The van der Waals surface area contributed by atoms with Gasteiger partial charge in [0.05, 0.1) is 5.56 Å². The molecule has 1 atom stereocenters. The summed E-state index contributed by atoms with van der Waals surface area (Å²) in [7, 11) is 1.95. The number of amides is 1. The number of halogens is 2. The topological polar surface area (TPSA) is 78.8 Å². The largest absolute Gasteiger partial charge is 0.345 e. The number of rotatable bonds is 2. The molecule has 1 unspecified atom stereocenters. The molecule has 2 N–H and O–H groups in total. The number of H-pyrrole nitrogens is 1. The monoisotopic (exact) mass is 382 g/mol. The van der Waals surface area contributed by atoms with E-state index in [1.807, 2.05) is 34.8 Å². The van der Waals surface area contributed by atoms with E-state index in [4.69, 9.17) is 0 Å². The van der Waals surface area contributed by atoms with Crippen LogP contribution in [0.4, 0.5) is 0 Å². The molecule has 0 aliphatic carbocycles. The molecule has 4 heterocycles. The van der Waals surface area contributed by atoms with E-state index in [1.54, 1.807) is 18.6 Å². The highest BCUT2D eigenvalue weighted by Crippen LogP contribution is 2.25. The Bertz CT molecular complexity index is 861. The number of aromatic nitrogens is 4. The van der Waals surface area contributed by atoms with Crippen molar-refractivity contribution in [3.8, 4) is 0 Å². The predicted molar refractivity (Wildman–Crippen MR) is 100 cm³/mol. The van der Waals surface area contributed by atoms with Gasteiger partial charge in [-0.3, -0.25) is 4.79 Å². The molecule has 3 aromatic heterocycles. The molecule has 1 aliphatic rings. The van der Waals surface area contributed by atoms with E-state index in [0.29, 0.717) is 18.7 Å². The number of hydrogen-bond donors (Lipinski definition) is 2. The average Bonchev–Trinajstić information content (AvgIpc) is 3.20. The number of carbonyl (C=O) groups is 1. The van der Waals surface area contributed by atoms with Gasteiger partial charge in [-0.25, -0.2) is 9.97 Å². The Morgan fingerprint density at radius 2 is 2.12 bits per heavy atom. The molecule has 0 spiro atoms. The molecular formula is C16H20Cl2N6O. The van der Waals surface area contributed by atoms with Crippen molar-refractivity contribution in [3.05, 3.63) is 48.3 Å². The zero-order chi connectivity index (χ0) is 15.8. The van der Waals surface area contributed by atoms with Gasteiger partial charge in [0, 0.05) is 56.9 Å². The average molecular weight is 383 g/mol. The normalized spacial score (nSPS) is 17.0. The number of nitrogens with zero attached hydrogens (tertiary/aromatic N) is 4. The number of hydrogen-bond acceptors (Lipinski definition) is 4. The second kappa shape index (κ2) is 7.86. The number of fused-ring (bicyclic) bond motifs is 1. The Balaban J connectivity index is 0.00000113. The molecule has 0 aromatic carbocycles. The lowest BCUT2D eigenvalue weighted by Gasteiger charge is -2.35. The van der Waals surface area contributed by atoms with E-state index in [0.717, 1.165) is 23.4 Å². The van der Waals surface area contributed by atoms with E-state index < -0.39 is 0 Å². The van der Waals surface area contributed by atoms with E-state index in [9.17, 15) is 4.79 Å². The lowest BCUT2D eigenvalue weighted by Crippen LogP contribution is -2.49. The third kappa shape index (κ3) is 3.35. The smallest absolute Gasteiger partial charge is 0.256 e. The van der Waals surface area contributed by atoms with E-state index in [2.05, 4.69) is 20.3 Å². The van der Waals surface area contributed by atoms with Crippen LogP contribution >= 0.6 is 24.8 Å². The SMILES string of the molecule is Cl.Cl.Cn1ccnc1C1CNCCN1C(=O)c1c[nH]c2ncccc12. The molecule has 7 nitrogen and oxygen atoms in total. The zero-order valence-electron chi connectivity index (χ0n) is 13.7. The fourth-order valence-corrected chi connectivity index (χ4v) is 3.16. The van der Waals surface area contributed by atoms with Crippen LogP contribution in [0.3, 0.4) is 0 Å². The van der Waals surface area contributed by atoms with Gasteiger partial charge in [0.2, 0.25) is 0 Å². The van der Waals surface area contributed by atoms with Crippen molar-refractivity contribution in [2.45, 2.75) is 6.04 Å². The Morgan fingerprint density at radius 1 is 1.28 bits per heavy atom. The summed E-state index contributed by atoms with van der Waals surface area (Å²) in [5.74, 6) is 0.905. The second-order valence-electron chi connectivity index (χ2n) is 5.72. The minimum Gasteiger partial charge on any atom is -0.345 e. The first-order chi connectivity index (χ1) is 11.3. The van der Waals surface area contributed by atoms with E-state index in [-0.39, 0.29) is 36.8 Å². The maximum absolute atomic E-state index is 13.1. The van der Waals surface area contributed by atoms with Crippen molar-refractivity contribution in [1.29, 1.82) is 0 Å².